The summed E-state index contributed by atoms with van der Waals surface area (Å²) in [6.45, 7) is 1.96. The first-order valence-corrected chi connectivity index (χ1v) is 4.72. The van der Waals surface area contributed by atoms with Crippen LogP contribution in [0.25, 0.3) is 0 Å². The molecule has 0 bridgehead atoms. The summed E-state index contributed by atoms with van der Waals surface area (Å²) in [6, 6.07) is 5.88. The Labute approximate surface area is 84.8 Å². The van der Waals surface area contributed by atoms with Crippen molar-refractivity contribution in [3.63, 3.8) is 0 Å². The summed E-state index contributed by atoms with van der Waals surface area (Å²) in [5, 5.41) is 0. The smallest absolute Gasteiger partial charge is 0.222 e. The number of hydrogen-bond donors (Lipinski definition) is 0. The number of rotatable bonds is 3. The molecule has 3 nitrogen and oxygen atoms in total. The Balaban J connectivity index is 2.50. The monoisotopic (exact) mass is 192 g/mol. The van der Waals surface area contributed by atoms with Crippen molar-refractivity contribution >= 4 is 5.91 Å². The number of carbonyl (C=O) groups excluding carboxylic acids is 1. The molecule has 0 unspecified atom stereocenters. The van der Waals surface area contributed by atoms with Gasteiger partial charge in [-0.2, -0.15) is 0 Å². The van der Waals surface area contributed by atoms with Gasteiger partial charge in [0.1, 0.15) is 0 Å². The lowest BCUT2D eigenvalue weighted by Crippen LogP contribution is -2.21. The van der Waals surface area contributed by atoms with E-state index in [1.54, 1.807) is 19.0 Å². The molecule has 76 valence electrons. The minimum absolute atomic E-state index is 0.147. The SMILES string of the molecule is Cc1cccc(CCC(=O)N(C)C)n1. The van der Waals surface area contributed by atoms with Gasteiger partial charge in [-0.3, -0.25) is 9.78 Å². The summed E-state index contributed by atoms with van der Waals surface area (Å²) < 4.78 is 0. The topological polar surface area (TPSA) is 33.2 Å². The van der Waals surface area contributed by atoms with Gasteiger partial charge in [0.05, 0.1) is 0 Å². The van der Waals surface area contributed by atoms with E-state index in [1.807, 2.05) is 25.1 Å². The third-order valence-corrected chi connectivity index (χ3v) is 2.04. The molecule has 1 aromatic rings. The van der Waals surface area contributed by atoms with Gasteiger partial charge in [0.15, 0.2) is 0 Å². The van der Waals surface area contributed by atoms with Gasteiger partial charge in [0.2, 0.25) is 5.91 Å². The van der Waals surface area contributed by atoms with Crippen LogP contribution in [-0.4, -0.2) is 29.9 Å². The van der Waals surface area contributed by atoms with Crippen LogP contribution in [0.2, 0.25) is 0 Å². The predicted molar refractivity (Wildman–Crippen MR) is 56.0 cm³/mol. The van der Waals surface area contributed by atoms with Crippen LogP contribution in [0.15, 0.2) is 18.2 Å². The second kappa shape index (κ2) is 4.74. The number of nitrogens with zero attached hydrogens (tertiary/aromatic N) is 2. The van der Waals surface area contributed by atoms with Crippen LogP contribution >= 0.6 is 0 Å². The number of pyridine rings is 1. The van der Waals surface area contributed by atoms with Gasteiger partial charge in [-0.05, 0) is 25.5 Å². The number of hydrogen-bond acceptors (Lipinski definition) is 2. The molecule has 0 atom stereocenters. The number of amides is 1. The van der Waals surface area contributed by atoms with E-state index in [2.05, 4.69) is 4.98 Å². The Bertz CT molecular complexity index is 321. The van der Waals surface area contributed by atoms with Gasteiger partial charge in [-0.15, -0.1) is 0 Å². The average molecular weight is 192 g/mol. The van der Waals surface area contributed by atoms with Gasteiger partial charge in [-0.25, -0.2) is 0 Å². The van der Waals surface area contributed by atoms with Crippen molar-refractivity contribution in [3.8, 4) is 0 Å². The van der Waals surface area contributed by atoms with E-state index in [4.69, 9.17) is 0 Å². The summed E-state index contributed by atoms with van der Waals surface area (Å²) in [6.07, 6.45) is 1.25. The standard InChI is InChI=1S/C11H16N2O/c1-9-5-4-6-10(12-9)7-8-11(14)13(2)3/h4-6H,7-8H2,1-3H3. The lowest BCUT2D eigenvalue weighted by molar-refractivity contribution is -0.128. The Morgan fingerprint density at radius 2 is 2.14 bits per heavy atom. The van der Waals surface area contributed by atoms with Crippen LogP contribution in [0, 0.1) is 6.92 Å². The van der Waals surface area contributed by atoms with E-state index in [9.17, 15) is 4.79 Å². The molecule has 3 heteroatoms. The molecular weight excluding hydrogens is 176 g/mol. The van der Waals surface area contributed by atoms with Crippen molar-refractivity contribution in [2.45, 2.75) is 19.8 Å². The third-order valence-electron chi connectivity index (χ3n) is 2.04. The zero-order chi connectivity index (χ0) is 10.6. The van der Waals surface area contributed by atoms with E-state index in [-0.39, 0.29) is 5.91 Å². The van der Waals surface area contributed by atoms with E-state index in [1.165, 1.54) is 0 Å². The summed E-state index contributed by atoms with van der Waals surface area (Å²) in [7, 11) is 3.54. The molecule has 0 fully saturated rings. The highest BCUT2D eigenvalue weighted by Crippen LogP contribution is 2.02. The maximum Gasteiger partial charge on any atom is 0.222 e. The lowest BCUT2D eigenvalue weighted by Gasteiger charge is -2.09. The van der Waals surface area contributed by atoms with E-state index < -0.39 is 0 Å². The molecular formula is C11H16N2O. The Morgan fingerprint density at radius 1 is 1.43 bits per heavy atom. The molecule has 14 heavy (non-hydrogen) atoms. The molecule has 1 rings (SSSR count). The van der Waals surface area contributed by atoms with Crippen molar-refractivity contribution < 1.29 is 4.79 Å². The minimum atomic E-state index is 0.147. The van der Waals surface area contributed by atoms with Crippen LogP contribution in [0.3, 0.4) is 0 Å². The summed E-state index contributed by atoms with van der Waals surface area (Å²) in [5.41, 5.74) is 1.99. The molecule has 0 saturated carbocycles. The van der Waals surface area contributed by atoms with Crippen molar-refractivity contribution in [2.75, 3.05) is 14.1 Å². The first-order chi connectivity index (χ1) is 6.59. The van der Waals surface area contributed by atoms with Gasteiger partial charge >= 0.3 is 0 Å². The maximum atomic E-state index is 11.3. The fraction of sp³-hybridized carbons (Fsp3) is 0.455. The van der Waals surface area contributed by atoms with Crippen LogP contribution < -0.4 is 0 Å². The highest BCUT2D eigenvalue weighted by molar-refractivity contribution is 5.75. The minimum Gasteiger partial charge on any atom is -0.349 e. The molecule has 0 aliphatic heterocycles. The fourth-order valence-electron chi connectivity index (χ4n) is 1.20. The van der Waals surface area contributed by atoms with Crippen LogP contribution in [0.4, 0.5) is 0 Å². The average Bonchev–Trinajstić information content (AvgIpc) is 2.14. The molecule has 0 radical (unpaired) electrons. The first kappa shape index (κ1) is 10.7. The van der Waals surface area contributed by atoms with Crippen molar-refractivity contribution in [2.24, 2.45) is 0 Å². The van der Waals surface area contributed by atoms with E-state index in [0.29, 0.717) is 6.42 Å². The summed E-state index contributed by atoms with van der Waals surface area (Å²) >= 11 is 0. The molecule has 0 N–H and O–H groups in total. The molecule has 0 spiro atoms. The molecule has 0 aliphatic carbocycles. The second-order valence-corrected chi connectivity index (χ2v) is 3.56. The van der Waals surface area contributed by atoms with Crippen molar-refractivity contribution in [3.05, 3.63) is 29.6 Å². The van der Waals surface area contributed by atoms with Crippen LogP contribution in [0.5, 0.6) is 0 Å². The van der Waals surface area contributed by atoms with E-state index in [0.717, 1.165) is 17.8 Å². The molecule has 0 saturated heterocycles. The fourth-order valence-corrected chi connectivity index (χ4v) is 1.20. The molecule has 1 amide bonds. The predicted octanol–water partition coefficient (Wildman–Crippen LogP) is 1.41. The number of aryl methyl sites for hydroxylation is 2. The third kappa shape index (κ3) is 3.17. The zero-order valence-corrected chi connectivity index (χ0v) is 8.95. The number of carbonyl (C=O) groups is 1. The molecule has 1 aromatic heterocycles. The van der Waals surface area contributed by atoms with Gasteiger partial charge in [-0.1, -0.05) is 6.07 Å². The first-order valence-electron chi connectivity index (χ1n) is 4.72. The van der Waals surface area contributed by atoms with E-state index >= 15 is 0 Å². The zero-order valence-electron chi connectivity index (χ0n) is 8.95. The molecule has 0 aliphatic rings. The summed E-state index contributed by atoms with van der Waals surface area (Å²) in [5.74, 6) is 0.147. The van der Waals surface area contributed by atoms with Gasteiger partial charge < -0.3 is 4.90 Å². The number of aromatic nitrogens is 1. The Morgan fingerprint density at radius 3 is 2.71 bits per heavy atom. The second-order valence-electron chi connectivity index (χ2n) is 3.56. The highest BCUT2D eigenvalue weighted by atomic mass is 16.2. The Kier molecular flexibility index (Phi) is 3.63. The van der Waals surface area contributed by atoms with Crippen molar-refractivity contribution in [1.29, 1.82) is 0 Å². The van der Waals surface area contributed by atoms with Gasteiger partial charge in [0, 0.05) is 31.9 Å². The highest BCUT2D eigenvalue weighted by Gasteiger charge is 2.04. The van der Waals surface area contributed by atoms with Gasteiger partial charge in [0.25, 0.3) is 0 Å². The molecule has 1 heterocycles. The summed E-state index contributed by atoms with van der Waals surface area (Å²) in [4.78, 5) is 17.2. The normalized spacial score (nSPS) is 9.93. The lowest BCUT2D eigenvalue weighted by atomic mass is 10.2. The van der Waals surface area contributed by atoms with Crippen LogP contribution in [-0.2, 0) is 11.2 Å². The Hall–Kier alpha value is -1.38. The quantitative estimate of drug-likeness (QED) is 0.725. The maximum absolute atomic E-state index is 11.3. The van der Waals surface area contributed by atoms with Crippen LogP contribution in [0.1, 0.15) is 17.8 Å². The van der Waals surface area contributed by atoms with Crippen molar-refractivity contribution in [1.82, 2.24) is 9.88 Å². The largest absolute Gasteiger partial charge is 0.349 e. The molecule has 0 aromatic carbocycles.